The minimum atomic E-state index is 0.0752. The van der Waals surface area contributed by atoms with Crippen molar-refractivity contribution in [2.24, 2.45) is 0 Å². The molecule has 0 radical (unpaired) electrons. The van der Waals surface area contributed by atoms with Crippen molar-refractivity contribution >= 4 is 57.2 Å². The summed E-state index contributed by atoms with van der Waals surface area (Å²) < 4.78 is 0. The topological polar surface area (TPSA) is 6.48 Å². The van der Waals surface area contributed by atoms with Gasteiger partial charge in [0, 0.05) is 45.0 Å². The quantitative estimate of drug-likeness (QED) is 0.163. The van der Waals surface area contributed by atoms with Gasteiger partial charge in [-0.3, -0.25) is 0 Å². The minimum absolute atomic E-state index is 0.0752. The zero-order chi connectivity index (χ0) is 37.3. The lowest BCUT2D eigenvalue weighted by Crippen LogP contribution is -2.61. The normalized spacial score (nSPS) is 18.4. The third kappa shape index (κ3) is 4.22. The van der Waals surface area contributed by atoms with Gasteiger partial charge in [-0.1, -0.05) is 142 Å². The van der Waals surface area contributed by atoms with Gasteiger partial charge in [0.05, 0.1) is 0 Å². The smallest absolute Gasteiger partial charge is 0.252 e. The molecule has 7 aromatic rings. The molecule has 0 atom stereocenters. The van der Waals surface area contributed by atoms with E-state index in [9.17, 15) is 0 Å². The van der Waals surface area contributed by atoms with Crippen LogP contribution in [0.15, 0.2) is 152 Å². The average Bonchev–Trinajstić information content (AvgIpc) is 3.68. The van der Waals surface area contributed by atoms with Crippen LogP contribution in [0.1, 0.15) is 86.5 Å². The van der Waals surface area contributed by atoms with Gasteiger partial charge in [0.15, 0.2) is 0 Å². The molecule has 0 aromatic heterocycles. The van der Waals surface area contributed by atoms with Gasteiger partial charge in [-0.2, -0.15) is 0 Å². The summed E-state index contributed by atoms with van der Waals surface area (Å²) in [5, 5.41) is 0. The molecule has 2 saturated carbocycles. The molecule has 0 unspecified atom stereocenters. The molecule has 57 heavy (non-hydrogen) atoms. The molecule has 2 heterocycles. The van der Waals surface area contributed by atoms with Crippen LogP contribution >= 0.6 is 0 Å². The van der Waals surface area contributed by atoms with E-state index >= 15 is 0 Å². The fourth-order valence-electron chi connectivity index (χ4n) is 12.9. The van der Waals surface area contributed by atoms with Crippen LogP contribution in [0.2, 0.25) is 0 Å². The second-order valence-corrected chi connectivity index (χ2v) is 17.8. The van der Waals surface area contributed by atoms with Crippen LogP contribution in [0, 0.1) is 0 Å². The van der Waals surface area contributed by atoms with E-state index in [2.05, 4.69) is 161 Å². The van der Waals surface area contributed by atoms with Crippen LogP contribution in [-0.2, 0) is 10.8 Å². The van der Waals surface area contributed by atoms with Crippen molar-refractivity contribution in [2.45, 2.75) is 75.0 Å². The molecule has 0 bridgehead atoms. The van der Waals surface area contributed by atoms with Crippen molar-refractivity contribution in [1.82, 2.24) is 0 Å². The molecule has 2 nitrogen and oxygen atoms in total. The Labute approximate surface area is 336 Å². The number of para-hydroxylation sites is 2. The number of hydrogen-bond donors (Lipinski definition) is 0. The minimum Gasteiger partial charge on any atom is -0.311 e. The van der Waals surface area contributed by atoms with Gasteiger partial charge in [0.25, 0.3) is 6.71 Å². The Morgan fingerprint density at radius 1 is 0.351 bits per heavy atom. The first kappa shape index (κ1) is 32.3. The summed E-state index contributed by atoms with van der Waals surface area (Å²) in [5.74, 6) is 0. The maximum atomic E-state index is 2.68. The SMILES string of the molecule is c1ccc(N2c3ccccc3B3c4cc5c(cc4N(c4ccc6c(c4)-c4ccccc4C64CCCCC4)c4cccc2c43)C2(CCCCC2)c2ccccc2-5)cc1. The zero-order valence-corrected chi connectivity index (χ0v) is 32.5. The van der Waals surface area contributed by atoms with Crippen LogP contribution < -0.4 is 26.2 Å². The van der Waals surface area contributed by atoms with Crippen molar-refractivity contribution in [2.75, 3.05) is 9.80 Å². The number of nitrogens with zero attached hydrogens (tertiary/aromatic N) is 2. The number of hydrogen-bond acceptors (Lipinski definition) is 2. The van der Waals surface area contributed by atoms with Crippen molar-refractivity contribution in [3.05, 3.63) is 174 Å². The molecule has 2 spiro atoms. The highest BCUT2D eigenvalue weighted by atomic mass is 15.2. The van der Waals surface area contributed by atoms with Crippen LogP contribution in [0.3, 0.4) is 0 Å². The zero-order valence-electron chi connectivity index (χ0n) is 32.5. The summed E-state index contributed by atoms with van der Waals surface area (Å²) >= 11 is 0. The van der Waals surface area contributed by atoms with Crippen LogP contribution in [-0.4, -0.2) is 6.71 Å². The number of benzene rings is 7. The second-order valence-electron chi connectivity index (χ2n) is 17.8. The highest BCUT2D eigenvalue weighted by Crippen LogP contribution is 2.59. The lowest BCUT2D eigenvalue weighted by Gasteiger charge is -2.45. The van der Waals surface area contributed by atoms with E-state index in [1.807, 2.05) is 0 Å². The van der Waals surface area contributed by atoms with Gasteiger partial charge in [-0.25, -0.2) is 0 Å². The summed E-state index contributed by atoms with van der Waals surface area (Å²) in [6.07, 6.45) is 12.8. The van der Waals surface area contributed by atoms with Gasteiger partial charge in [0.2, 0.25) is 0 Å². The third-order valence-electron chi connectivity index (χ3n) is 15.2. The van der Waals surface area contributed by atoms with Gasteiger partial charge >= 0.3 is 0 Å². The Morgan fingerprint density at radius 2 is 0.895 bits per heavy atom. The second kappa shape index (κ2) is 11.9. The number of anilines is 6. The first-order chi connectivity index (χ1) is 28.3. The average molecular weight is 733 g/mol. The molecule has 2 fully saturated rings. The Morgan fingerprint density at radius 3 is 1.60 bits per heavy atom. The molecule has 0 amide bonds. The van der Waals surface area contributed by atoms with Crippen LogP contribution in [0.4, 0.5) is 34.1 Å². The molecule has 6 aliphatic rings. The monoisotopic (exact) mass is 732 g/mol. The Balaban J connectivity index is 1.10. The predicted octanol–water partition coefficient (Wildman–Crippen LogP) is 12.2. The van der Waals surface area contributed by atoms with E-state index in [-0.39, 0.29) is 17.5 Å². The Hall–Kier alpha value is -5.80. The van der Waals surface area contributed by atoms with E-state index in [1.54, 1.807) is 22.3 Å². The van der Waals surface area contributed by atoms with E-state index in [1.165, 1.54) is 137 Å². The summed E-state index contributed by atoms with van der Waals surface area (Å²) in [4.78, 5) is 5.19. The number of rotatable bonds is 2. The first-order valence-corrected chi connectivity index (χ1v) is 21.7. The largest absolute Gasteiger partial charge is 0.311 e. The lowest BCUT2D eigenvalue weighted by molar-refractivity contribution is 0.353. The highest BCUT2D eigenvalue weighted by molar-refractivity contribution is 7.00. The Kier molecular flexibility index (Phi) is 6.73. The maximum Gasteiger partial charge on any atom is 0.252 e. The summed E-state index contributed by atoms with van der Waals surface area (Å²) in [6, 6.07) is 59.0. The molecule has 4 aliphatic carbocycles. The molecular formula is C54H45BN2. The molecule has 0 saturated heterocycles. The summed E-state index contributed by atoms with van der Waals surface area (Å²) in [7, 11) is 0. The van der Waals surface area contributed by atoms with Crippen LogP contribution in [0.5, 0.6) is 0 Å². The van der Waals surface area contributed by atoms with Crippen LogP contribution in [0.25, 0.3) is 22.3 Å². The van der Waals surface area contributed by atoms with Crippen molar-refractivity contribution in [3.8, 4) is 22.3 Å². The van der Waals surface area contributed by atoms with Crippen molar-refractivity contribution < 1.29 is 0 Å². The van der Waals surface area contributed by atoms with Crippen molar-refractivity contribution in [1.29, 1.82) is 0 Å². The molecule has 0 N–H and O–H groups in total. The lowest BCUT2D eigenvalue weighted by atomic mass is 9.33. The number of fused-ring (bicyclic) bond motifs is 14. The molecule has 7 aromatic carbocycles. The summed E-state index contributed by atoms with van der Waals surface area (Å²) in [5.41, 5.74) is 24.1. The van der Waals surface area contributed by atoms with Gasteiger partial charge < -0.3 is 9.80 Å². The predicted molar refractivity (Wildman–Crippen MR) is 239 cm³/mol. The molecule has 2 aliphatic heterocycles. The molecule has 13 rings (SSSR count). The standard InChI is InChI=1S/C54H45BN2/c1-4-17-36(18-5-1)56-48-24-11-10-23-46(48)55-47-34-41-39-20-7-9-22-43(39)54(31-14-3-15-32-54)45(41)35-51(47)57(50-26-16-25-49(56)52(50)55)37-27-28-44-40(33-37)38-19-6-8-21-42(38)53(44)29-12-2-13-30-53/h1,4-11,16-28,33-35H,2-3,12-15,29-32H2. The van der Waals surface area contributed by atoms with E-state index in [0.717, 1.165) is 0 Å². The first-order valence-electron chi connectivity index (χ1n) is 21.7. The highest BCUT2D eigenvalue weighted by Gasteiger charge is 2.49. The third-order valence-corrected chi connectivity index (χ3v) is 15.2. The fraction of sp³-hybridized carbons (Fsp3) is 0.222. The van der Waals surface area contributed by atoms with E-state index < -0.39 is 0 Å². The van der Waals surface area contributed by atoms with E-state index in [0.29, 0.717) is 0 Å². The van der Waals surface area contributed by atoms with E-state index in [4.69, 9.17) is 0 Å². The maximum absolute atomic E-state index is 2.68. The molecule has 3 heteroatoms. The van der Waals surface area contributed by atoms with Crippen molar-refractivity contribution in [3.63, 3.8) is 0 Å². The van der Waals surface area contributed by atoms with Gasteiger partial charge in [0.1, 0.15) is 0 Å². The van der Waals surface area contributed by atoms with Gasteiger partial charge in [-0.05, 0) is 135 Å². The molecule has 274 valence electrons. The van der Waals surface area contributed by atoms with Gasteiger partial charge in [-0.15, -0.1) is 0 Å². The summed E-state index contributed by atoms with van der Waals surface area (Å²) in [6.45, 7) is 0.111. The molecular weight excluding hydrogens is 687 g/mol. The fourth-order valence-corrected chi connectivity index (χ4v) is 12.9. The Bertz CT molecular complexity index is 2790.